The lowest BCUT2D eigenvalue weighted by atomic mass is 10.1. The molecule has 0 spiro atoms. The van der Waals surface area contributed by atoms with Crippen LogP contribution in [-0.2, 0) is 4.79 Å². The van der Waals surface area contributed by atoms with E-state index in [4.69, 9.17) is 5.73 Å². The van der Waals surface area contributed by atoms with Crippen molar-refractivity contribution in [3.05, 3.63) is 29.6 Å². The van der Waals surface area contributed by atoms with Gasteiger partial charge in [0.2, 0.25) is 5.91 Å². The molecular weight excluding hydrogens is 199 g/mol. The zero-order chi connectivity index (χ0) is 11.4. The summed E-state index contributed by atoms with van der Waals surface area (Å²) in [6.45, 7) is 1.10. The van der Waals surface area contributed by atoms with Crippen molar-refractivity contribution in [3.8, 4) is 0 Å². The topological polar surface area (TPSA) is 72.2 Å². The molecule has 0 unspecified atom stereocenters. The van der Waals surface area contributed by atoms with Gasteiger partial charge in [-0.3, -0.25) is 9.59 Å². The van der Waals surface area contributed by atoms with Gasteiger partial charge in [-0.05, 0) is 18.2 Å². The highest BCUT2D eigenvalue weighted by Crippen LogP contribution is 2.17. The number of ketones is 1. The van der Waals surface area contributed by atoms with Gasteiger partial charge in [0.1, 0.15) is 5.82 Å². The third kappa shape index (κ3) is 2.85. The molecule has 1 rings (SSSR count). The van der Waals surface area contributed by atoms with Crippen molar-refractivity contribution in [1.29, 1.82) is 0 Å². The summed E-state index contributed by atoms with van der Waals surface area (Å²) in [6, 6.07) is 3.54. The van der Waals surface area contributed by atoms with E-state index in [2.05, 4.69) is 5.32 Å². The number of Topliss-reactive ketones (excluding diaryl/α,β-unsaturated/α-hetero) is 1. The van der Waals surface area contributed by atoms with Gasteiger partial charge < -0.3 is 11.1 Å². The second kappa shape index (κ2) is 4.65. The molecule has 0 saturated heterocycles. The van der Waals surface area contributed by atoms with Gasteiger partial charge in [0.05, 0.1) is 12.2 Å². The predicted molar refractivity (Wildman–Crippen MR) is 54.1 cm³/mol. The summed E-state index contributed by atoms with van der Waals surface area (Å²) in [5, 5.41) is 2.37. The fraction of sp³-hybridized carbons (Fsp3) is 0.200. The van der Waals surface area contributed by atoms with Crippen LogP contribution in [0.4, 0.5) is 10.1 Å². The average Bonchev–Trinajstić information content (AvgIpc) is 2.16. The minimum Gasteiger partial charge on any atom is -0.326 e. The number of rotatable bonds is 3. The number of nitrogens with two attached hydrogens (primary N) is 1. The average molecular weight is 210 g/mol. The Morgan fingerprint density at radius 1 is 1.47 bits per heavy atom. The van der Waals surface area contributed by atoms with Gasteiger partial charge in [0.15, 0.2) is 5.78 Å². The molecule has 0 aliphatic carbocycles. The summed E-state index contributed by atoms with van der Waals surface area (Å²) in [7, 11) is 0. The molecule has 1 amide bonds. The van der Waals surface area contributed by atoms with Crippen molar-refractivity contribution >= 4 is 17.4 Å². The number of nitrogens with one attached hydrogen (secondary N) is 1. The summed E-state index contributed by atoms with van der Waals surface area (Å²) in [5.41, 5.74) is 5.55. The van der Waals surface area contributed by atoms with Crippen molar-refractivity contribution in [2.45, 2.75) is 6.92 Å². The number of halogens is 1. The Kier molecular flexibility index (Phi) is 3.51. The zero-order valence-electron chi connectivity index (χ0n) is 8.21. The Balaban J connectivity index is 3.13. The van der Waals surface area contributed by atoms with E-state index < -0.39 is 5.82 Å². The first-order valence-corrected chi connectivity index (χ1v) is 4.35. The first-order chi connectivity index (χ1) is 7.04. The van der Waals surface area contributed by atoms with Crippen molar-refractivity contribution in [2.24, 2.45) is 5.73 Å². The number of carbonyl (C=O) groups is 2. The van der Waals surface area contributed by atoms with Crippen LogP contribution >= 0.6 is 0 Å². The van der Waals surface area contributed by atoms with E-state index in [0.717, 1.165) is 12.1 Å². The van der Waals surface area contributed by atoms with E-state index in [-0.39, 0.29) is 29.5 Å². The molecule has 80 valence electrons. The van der Waals surface area contributed by atoms with E-state index in [1.165, 1.54) is 13.0 Å². The van der Waals surface area contributed by atoms with Crippen LogP contribution in [0.1, 0.15) is 17.3 Å². The molecule has 1 aromatic rings. The van der Waals surface area contributed by atoms with Crippen LogP contribution in [0.25, 0.3) is 0 Å². The van der Waals surface area contributed by atoms with Crippen LogP contribution in [0, 0.1) is 5.82 Å². The highest BCUT2D eigenvalue weighted by Gasteiger charge is 2.11. The number of hydrogen-bond donors (Lipinski definition) is 2. The largest absolute Gasteiger partial charge is 0.326 e. The second-order valence-electron chi connectivity index (χ2n) is 3.00. The van der Waals surface area contributed by atoms with Crippen molar-refractivity contribution in [1.82, 2.24) is 0 Å². The molecule has 0 atom stereocenters. The third-order valence-corrected chi connectivity index (χ3v) is 1.78. The van der Waals surface area contributed by atoms with E-state index >= 15 is 0 Å². The maximum absolute atomic E-state index is 12.9. The maximum atomic E-state index is 12.9. The SMILES string of the molecule is CC(=O)Nc1cc(F)ccc1C(=O)CN. The molecule has 0 aliphatic heterocycles. The van der Waals surface area contributed by atoms with Gasteiger partial charge in [-0.1, -0.05) is 0 Å². The van der Waals surface area contributed by atoms with Crippen LogP contribution in [0.3, 0.4) is 0 Å². The molecule has 0 fully saturated rings. The van der Waals surface area contributed by atoms with Gasteiger partial charge in [0, 0.05) is 12.5 Å². The van der Waals surface area contributed by atoms with Gasteiger partial charge >= 0.3 is 0 Å². The maximum Gasteiger partial charge on any atom is 0.221 e. The lowest BCUT2D eigenvalue weighted by Crippen LogP contribution is -2.17. The Morgan fingerprint density at radius 2 is 2.13 bits per heavy atom. The number of hydrogen-bond acceptors (Lipinski definition) is 3. The normalized spacial score (nSPS) is 9.80. The molecule has 0 radical (unpaired) electrons. The highest BCUT2D eigenvalue weighted by atomic mass is 19.1. The first kappa shape index (κ1) is 11.3. The minimum absolute atomic E-state index is 0.151. The van der Waals surface area contributed by atoms with Gasteiger partial charge in [-0.25, -0.2) is 4.39 Å². The summed E-state index contributed by atoms with van der Waals surface area (Å²) in [5.74, 6) is -1.24. The summed E-state index contributed by atoms with van der Waals surface area (Å²) in [4.78, 5) is 22.1. The predicted octanol–water partition coefficient (Wildman–Crippen LogP) is 0.925. The quantitative estimate of drug-likeness (QED) is 0.729. The monoisotopic (exact) mass is 210 g/mol. The smallest absolute Gasteiger partial charge is 0.221 e. The Labute approximate surface area is 86.3 Å². The second-order valence-corrected chi connectivity index (χ2v) is 3.00. The van der Waals surface area contributed by atoms with Crippen LogP contribution in [-0.4, -0.2) is 18.2 Å². The van der Waals surface area contributed by atoms with Crippen LogP contribution in [0.15, 0.2) is 18.2 Å². The number of carbonyl (C=O) groups excluding carboxylic acids is 2. The lowest BCUT2D eigenvalue weighted by Gasteiger charge is -2.07. The molecule has 0 aliphatic rings. The molecule has 3 N–H and O–H groups in total. The fourth-order valence-corrected chi connectivity index (χ4v) is 1.16. The Morgan fingerprint density at radius 3 is 2.67 bits per heavy atom. The zero-order valence-corrected chi connectivity index (χ0v) is 8.21. The number of anilines is 1. The molecule has 15 heavy (non-hydrogen) atoms. The third-order valence-electron chi connectivity index (χ3n) is 1.78. The lowest BCUT2D eigenvalue weighted by molar-refractivity contribution is -0.114. The van der Waals surface area contributed by atoms with Crippen LogP contribution in [0.2, 0.25) is 0 Å². The molecule has 0 bridgehead atoms. The fourth-order valence-electron chi connectivity index (χ4n) is 1.16. The van der Waals surface area contributed by atoms with E-state index in [9.17, 15) is 14.0 Å². The van der Waals surface area contributed by atoms with E-state index in [1.807, 2.05) is 0 Å². The minimum atomic E-state index is -0.521. The summed E-state index contributed by atoms with van der Waals surface area (Å²) in [6.07, 6.45) is 0. The molecule has 1 aromatic carbocycles. The molecule has 5 heteroatoms. The summed E-state index contributed by atoms with van der Waals surface area (Å²) >= 11 is 0. The van der Waals surface area contributed by atoms with Crippen molar-refractivity contribution < 1.29 is 14.0 Å². The molecule has 0 saturated carbocycles. The molecule has 0 heterocycles. The Bertz CT molecular complexity index is 404. The van der Waals surface area contributed by atoms with E-state index in [0.29, 0.717) is 0 Å². The van der Waals surface area contributed by atoms with Crippen molar-refractivity contribution in [2.75, 3.05) is 11.9 Å². The Hall–Kier alpha value is -1.75. The summed E-state index contributed by atoms with van der Waals surface area (Å²) < 4.78 is 12.9. The van der Waals surface area contributed by atoms with Gasteiger partial charge in [0.25, 0.3) is 0 Å². The standard InChI is InChI=1S/C10H11FN2O2/c1-6(14)13-9-4-7(11)2-3-8(9)10(15)5-12/h2-4H,5,12H2,1H3,(H,13,14). The molecular formula is C10H11FN2O2. The molecule has 0 aromatic heterocycles. The number of benzene rings is 1. The van der Waals surface area contributed by atoms with Crippen molar-refractivity contribution in [3.63, 3.8) is 0 Å². The van der Waals surface area contributed by atoms with Gasteiger partial charge in [-0.2, -0.15) is 0 Å². The van der Waals surface area contributed by atoms with Gasteiger partial charge in [-0.15, -0.1) is 0 Å². The highest BCUT2D eigenvalue weighted by molar-refractivity contribution is 6.05. The molecule has 4 nitrogen and oxygen atoms in total. The van der Waals surface area contributed by atoms with E-state index in [1.54, 1.807) is 0 Å². The van der Waals surface area contributed by atoms with Crippen LogP contribution in [0.5, 0.6) is 0 Å². The number of amides is 1. The van der Waals surface area contributed by atoms with Crippen LogP contribution < -0.4 is 11.1 Å². The first-order valence-electron chi connectivity index (χ1n) is 4.35.